The lowest BCUT2D eigenvalue weighted by atomic mass is 10.1. The molecule has 0 spiro atoms. The number of rotatable bonds is 4. The maximum Gasteiger partial charge on any atom is 0.268 e. The molecule has 0 fully saturated rings. The number of ether oxygens (including phenoxy) is 1. The van der Waals surface area contributed by atoms with E-state index in [0.29, 0.717) is 0 Å². The van der Waals surface area contributed by atoms with E-state index in [9.17, 15) is 4.79 Å². The molecule has 1 amide bonds. The lowest BCUT2D eigenvalue weighted by Gasteiger charge is -2.26. The molecule has 3 heteroatoms. The van der Waals surface area contributed by atoms with E-state index >= 15 is 0 Å². The van der Waals surface area contributed by atoms with Crippen molar-refractivity contribution in [3.05, 3.63) is 59.7 Å². The van der Waals surface area contributed by atoms with Crippen molar-refractivity contribution in [3.63, 3.8) is 0 Å². The molecule has 1 aliphatic heterocycles. The molecule has 0 aliphatic carbocycles. The lowest BCUT2D eigenvalue weighted by Crippen LogP contribution is -2.43. The van der Waals surface area contributed by atoms with Crippen LogP contribution in [0.1, 0.15) is 31.9 Å². The molecule has 0 aromatic heterocycles. The zero-order valence-electron chi connectivity index (χ0n) is 14.0. The Labute approximate surface area is 137 Å². The number of hydrogen-bond donors (Lipinski definition) is 0. The number of anilines is 1. The molecule has 2 atom stereocenters. The molecule has 2 aromatic rings. The van der Waals surface area contributed by atoms with E-state index in [1.54, 1.807) is 0 Å². The minimum absolute atomic E-state index is 0.0216. The number of amides is 1. The van der Waals surface area contributed by atoms with Crippen LogP contribution in [0.3, 0.4) is 0 Å². The lowest BCUT2D eigenvalue weighted by molar-refractivity contribution is -0.124. The Morgan fingerprint density at radius 2 is 1.91 bits per heavy atom. The van der Waals surface area contributed by atoms with Crippen molar-refractivity contribution in [3.8, 4) is 5.75 Å². The van der Waals surface area contributed by atoms with Gasteiger partial charge in [0.15, 0.2) is 6.10 Å². The van der Waals surface area contributed by atoms with Crippen LogP contribution in [0.5, 0.6) is 5.75 Å². The Bertz CT molecular complexity index is 710. The topological polar surface area (TPSA) is 29.5 Å². The summed E-state index contributed by atoms with van der Waals surface area (Å²) in [4.78, 5) is 14.8. The maximum absolute atomic E-state index is 12.9. The van der Waals surface area contributed by atoms with Crippen LogP contribution >= 0.6 is 0 Å². The smallest absolute Gasteiger partial charge is 0.268 e. The molecule has 0 saturated carbocycles. The van der Waals surface area contributed by atoms with Crippen LogP contribution in [0.2, 0.25) is 0 Å². The van der Waals surface area contributed by atoms with E-state index in [-0.39, 0.29) is 11.9 Å². The summed E-state index contributed by atoms with van der Waals surface area (Å²) in [6.07, 6.45) is 1.29. The van der Waals surface area contributed by atoms with Gasteiger partial charge in [0.25, 0.3) is 5.91 Å². The Hall–Kier alpha value is -2.29. The number of fused-ring (bicyclic) bond motifs is 1. The van der Waals surface area contributed by atoms with Gasteiger partial charge in [-0.25, -0.2) is 0 Å². The third kappa shape index (κ3) is 2.96. The van der Waals surface area contributed by atoms with Crippen LogP contribution in [-0.2, 0) is 17.6 Å². The fourth-order valence-corrected chi connectivity index (χ4v) is 3.25. The van der Waals surface area contributed by atoms with Gasteiger partial charge in [-0.2, -0.15) is 0 Å². The molecule has 1 heterocycles. The highest BCUT2D eigenvalue weighted by atomic mass is 16.5. The number of benzene rings is 2. The number of nitrogens with zero attached hydrogens (tertiary/aromatic N) is 1. The number of hydrogen-bond acceptors (Lipinski definition) is 2. The van der Waals surface area contributed by atoms with Gasteiger partial charge in [0.05, 0.1) is 0 Å². The largest absolute Gasteiger partial charge is 0.481 e. The van der Waals surface area contributed by atoms with E-state index in [2.05, 4.69) is 19.9 Å². The summed E-state index contributed by atoms with van der Waals surface area (Å²) in [6.45, 7) is 6.01. The Kier molecular flexibility index (Phi) is 4.37. The van der Waals surface area contributed by atoms with Gasteiger partial charge in [0.2, 0.25) is 0 Å². The maximum atomic E-state index is 12.9. The molecule has 0 bridgehead atoms. The van der Waals surface area contributed by atoms with Gasteiger partial charge in [-0.1, -0.05) is 43.3 Å². The predicted molar refractivity (Wildman–Crippen MR) is 93.0 cm³/mol. The van der Waals surface area contributed by atoms with Gasteiger partial charge in [-0.15, -0.1) is 0 Å². The summed E-state index contributed by atoms with van der Waals surface area (Å²) in [7, 11) is 0. The molecule has 0 N–H and O–H groups in total. The van der Waals surface area contributed by atoms with E-state index in [1.165, 1.54) is 5.56 Å². The Morgan fingerprint density at radius 3 is 2.70 bits per heavy atom. The van der Waals surface area contributed by atoms with Crippen molar-refractivity contribution in [2.24, 2.45) is 0 Å². The van der Waals surface area contributed by atoms with Crippen LogP contribution in [0.15, 0.2) is 48.5 Å². The molecule has 0 saturated heterocycles. The first-order valence-corrected chi connectivity index (χ1v) is 8.27. The van der Waals surface area contributed by atoms with Crippen molar-refractivity contribution < 1.29 is 9.53 Å². The normalized spacial score (nSPS) is 17.7. The quantitative estimate of drug-likeness (QED) is 0.854. The average molecular weight is 309 g/mol. The highest BCUT2D eigenvalue weighted by molar-refractivity contribution is 5.99. The van der Waals surface area contributed by atoms with E-state index in [0.717, 1.165) is 29.8 Å². The summed E-state index contributed by atoms with van der Waals surface area (Å²) < 4.78 is 5.98. The molecule has 3 nitrogen and oxygen atoms in total. The second-order valence-electron chi connectivity index (χ2n) is 6.11. The summed E-state index contributed by atoms with van der Waals surface area (Å²) in [5.41, 5.74) is 3.38. The summed E-state index contributed by atoms with van der Waals surface area (Å²) in [5.74, 6) is 0.823. The molecule has 0 unspecified atom stereocenters. The molecular weight excluding hydrogens is 286 g/mol. The second-order valence-corrected chi connectivity index (χ2v) is 6.11. The van der Waals surface area contributed by atoms with E-state index in [4.69, 9.17) is 4.74 Å². The average Bonchev–Trinajstić information content (AvgIpc) is 2.90. The number of carbonyl (C=O) groups is 1. The Balaban J connectivity index is 1.80. The van der Waals surface area contributed by atoms with Crippen molar-refractivity contribution >= 4 is 11.6 Å². The van der Waals surface area contributed by atoms with Crippen LogP contribution < -0.4 is 9.64 Å². The Morgan fingerprint density at radius 1 is 1.22 bits per heavy atom. The third-order valence-corrected chi connectivity index (χ3v) is 4.45. The van der Waals surface area contributed by atoms with Crippen LogP contribution in [-0.4, -0.2) is 18.1 Å². The van der Waals surface area contributed by atoms with Gasteiger partial charge in [0.1, 0.15) is 5.75 Å². The predicted octanol–water partition coefficient (Wildman–Crippen LogP) is 3.99. The number of aryl methyl sites for hydroxylation is 1. The van der Waals surface area contributed by atoms with E-state index < -0.39 is 6.10 Å². The van der Waals surface area contributed by atoms with Gasteiger partial charge in [0, 0.05) is 11.7 Å². The summed E-state index contributed by atoms with van der Waals surface area (Å²) in [5, 5.41) is 0. The van der Waals surface area contributed by atoms with Crippen LogP contribution in [0, 0.1) is 0 Å². The third-order valence-electron chi connectivity index (χ3n) is 4.45. The monoisotopic (exact) mass is 309 g/mol. The fraction of sp³-hybridized carbons (Fsp3) is 0.350. The van der Waals surface area contributed by atoms with Crippen molar-refractivity contribution in [2.75, 3.05) is 4.90 Å². The van der Waals surface area contributed by atoms with E-state index in [1.807, 2.05) is 54.3 Å². The SMILES string of the molecule is CCc1ccccc1O[C@H](C)C(=O)N1c2ccccc2C[C@H]1C. The zero-order chi connectivity index (χ0) is 16.4. The zero-order valence-corrected chi connectivity index (χ0v) is 14.0. The molecule has 3 rings (SSSR count). The molecule has 2 aromatic carbocycles. The molecule has 0 radical (unpaired) electrons. The van der Waals surface area contributed by atoms with Gasteiger partial charge < -0.3 is 9.64 Å². The fourth-order valence-electron chi connectivity index (χ4n) is 3.25. The van der Waals surface area contributed by atoms with Crippen LogP contribution in [0.4, 0.5) is 5.69 Å². The highest BCUT2D eigenvalue weighted by Crippen LogP contribution is 2.32. The second kappa shape index (κ2) is 6.45. The van der Waals surface area contributed by atoms with Gasteiger partial charge >= 0.3 is 0 Å². The standard InChI is InChI=1S/C20H23NO2/c1-4-16-9-6-8-12-19(16)23-15(3)20(22)21-14(2)13-17-10-5-7-11-18(17)21/h5-12,14-15H,4,13H2,1-3H3/t14-,15-/m1/s1. The molecular formula is C20H23NO2. The van der Waals surface area contributed by atoms with Crippen molar-refractivity contribution in [2.45, 2.75) is 45.8 Å². The summed E-state index contributed by atoms with van der Waals surface area (Å²) >= 11 is 0. The first kappa shape index (κ1) is 15.6. The summed E-state index contributed by atoms with van der Waals surface area (Å²) in [6, 6.07) is 16.2. The van der Waals surface area contributed by atoms with Crippen molar-refractivity contribution in [1.82, 2.24) is 0 Å². The molecule has 1 aliphatic rings. The van der Waals surface area contributed by atoms with Crippen LogP contribution in [0.25, 0.3) is 0 Å². The molecule has 23 heavy (non-hydrogen) atoms. The minimum atomic E-state index is -0.503. The minimum Gasteiger partial charge on any atom is -0.481 e. The number of carbonyl (C=O) groups excluding carboxylic acids is 1. The first-order chi connectivity index (χ1) is 11.1. The van der Waals surface area contributed by atoms with Gasteiger partial charge in [-0.3, -0.25) is 4.79 Å². The highest BCUT2D eigenvalue weighted by Gasteiger charge is 2.33. The molecule has 120 valence electrons. The van der Waals surface area contributed by atoms with Gasteiger partial charge in [-0.05, 0) is 49.9 Å². The number of para-hydroxylation sites is 2. The van der Waals surface area contributed by atoms with Crippen molar-refractivity contribution in [1.29, 1.82) is 0 Å². The first-order valence-electron chi connectivity index (χ1n) is 8.27.